The van der Waals surface area contributed by atoms with Gasteiger partial charge in [0.15, 0.2) is 0 Å². The molecule has 0 fully saturated rings. The zero-order valence-electron chi connectivity index (χ0n) is 16.7. The lowest BCUT2D eigenvalue weighted by molar-refractivity contribution is -0.137. The summed E-state index contributed by atoms with van der Waals surface area (Å²) < 4.78 is 39.6. The monoisotopic (exact) mass is 456 g/mol. The predicted molar refractivity (Wildman–Crippen MR) is 117 cm³/mol. The van der Waals surface area contributed by atoms with Crippen molar-refractivity contribution in [2.75, 3.05) is 10.2 Å². The zero-order valence-corrected chi connectivity index (χ0v) is 17.5. The lowest BCUT2D eigenvalue weighted by atomic mass is 10.0. The van der Waals surface area contributed by atoms with Crippen LogP contribution in [0.15, 0.2) is 78.5 Å². The van der Waals surface area contributed by atoms with Crippen LogP contribution in [0.3, 0.4) is 0 Å². The molecule has 4 nitrogen and oxygen atoms in total. The molecule has 0 spiro atoms. The lowest BCUT2D eigenvalue weighted by Crippen LogP contribution is -2.32. The molecule has 2 amide bonds. The number of amides is 2. The van der Waals surface area contributed by atoms with Gasteiger partial charge in [0, 0.05) is 10.7 Å². The second-order valence-corrected chi connectivity index (χ2v) is 7.55. The summed E-state index contributed by atoms with van der Waals surface area (Å²) in [6.07, 6.45) is -4.61. The molecule has 0 unspecified atom stereocenters. The van der Waals surface area contributed by atoms with E-state index in [-0.39, 0.29) is 17.0 Å². The van der Waals surface area contributed by atoms with Crippen molar-refractivity contribution in [2.24, 2.45) is 0 Å². The van der Waals surface area contributed by atoms with Crippen molar-refractivity contribution in [3.8, 4) is 0 Å². The normalized spacial score (nSPS) is 14.3. The highest BCUT2D eigenvalue weighted by Crippen LogP contribution is 2.37. The van der Waals surface area contributed by atoms with Gasteiger partial charge in [-0.1, -0.05) is 54.1 Å². The molecule has 0 radical (unpaired) electrons. The maximum atomic E-state index is 13.3. The molecule has 1 aliphatic heterocycles. The Labute approximate surface area is 186 Å². The molecule has 4 rings (SSSR count). The Kier molecular flexibility index (Phi) is 5.52. The Morgan fingerprint density at radius 1 is 0.875 bits per heavy atom. The van der Waals surface area contributed by atoms with E-state index >= 15 is 0 Å². The first kappa shape index (κ1) is 21.6. The topological polar surface area (TPSA) is 49.4 Å². The van der Waals surface area contributed by atoms with Crippen molar-refractivity contribution in [3.63, 3.8) is 0 Å². The van der Waals surface area contributed by atoms with E-state index in [4.69, 9.17) is 11.6 Å². The molecule has 0 aromatic heterocycles. The number of anilines is 2. The van der Waals surface area contributed by atoms with Crippen molar-refractivity contribution in [1.29, 1.82) is 0 Å². The molecular weight excluding hydrogens is 441 g/mol. The van der Waals surface area contributed by atoms with Gasteiger partial charge in [0.1, 0.15) is 5.70 Å². The van der Waals surface area contributed by atoms with E-state index in [1.165, 1.54) is 6.07 Å². The van der Waals surface area contributed by atoms with Crippen LogP contribution in [-0.2, 0) is 15.8 Å². The molecule has 0 saturated carbocycles. The van der Waals surface area contributed by atoms with E-state index in [0.717, 1.165) is 23.1 Å². The first-order valence-corrected chi connectivity index (χ1v) is 9.94. The molecule has 0 aliphatic carbocycles. The third kappa shape index (κ3) is 3.87. The van der Waals surface area contributed by atoms with E-state index in [2.05, 4.69) is 5.32 Å². The van der Waals surface area contributed by atoms with E-state index in [0.29, 0.717) is 21.8 Å². The van der Waals surface area contributed by atoms with Crippen molar-refractivity contribution in [3.05, 3.63) is 100 Å². The van der Waals surface area contributed by atoms with Crippen LogP contribution < -0.4 is 10.2 Å². The van der Waals surface area contributed by atoms with Crippen LogP contribution in [0.2, 0.25) is 5.02 Å². The molecule has 0 saturated heterocycles. The number of carbonyl (C=O) groups excluding carboxylic acids is 2. The quantitative estimate of drug-likeness (QED) is 0.485. The summed E-state index contributed by atoms with van der Waals surface area (Å²) >= 11 is 6.18. The van der Waals surface area contributed by atoms with E-state index in [9.17, 15) is 22.8 Å². The summed E-state index contributed by atoms with van der Waals surface area (Å²) in [4.78, 5) is 27.4. The summed E-state index contributed by atoms with van der Waals surface area (Å²) in [7, 11) is 0. The summed E-state index contributed by atoms with van der Waals surface area (Å²) in [5, 5.41) is 3.45. The van der Waals surface area contributed by atoms with Crippen LogP contribution in [-0.4, -0.2) is 11.8 Å². The summed E-state index contributed by atoms with van der Waals surface area (Å²) in [6, 6.07) is 17.7. The fraction of sp³-hybridized carbons (Fsp3) is 0.0833. The van der Waals surface area contributed by atoms with Gasteiger partial charge in [-0.2, -0.15) is 13.2 Å². The minimum atomic E-state index is -4.61. The van der Waals surface area contributed by atoms with Gasteiger partial charge in [-0.15, -0.1) is 0 Å². The van der Waals surface area contributed by atoms with Crippen molar-refractivity contribution >= 4 is 40.4 Å². The van der Waals surface area contributed by atoms with Crippen LogP contribution in [0.4, 0.5) is 24.5 Å². The number of benzene rings is 3. The maximum absolute atomic E-state index is 13.3. The highest BCUT2D eigenvalue weighted by Gasteiger charge is 2.41. The van der Waals surface area contributed by atoms with Crippen LogP contribution >= 0.6 is 11.6 Å². The van der Waals surface area contributed by atoms with Gasteiger partial charge >= 0.3 is 6.18 Å². The van der Waals surface area contributed by atoms with Gasteiger partial charge in [0.05, 0.1) is 16.8 Å². The van der Waals surface area contributed by atoms with Crippen molar-refractivity contribution in [2.45, 2.75) is 13.1 Å². The summed E-state index contributed by atoms with van der Waals surface area (Å²) in [5.74, 6) is -1.48. The minimum Gasteiger partial charge on any atom is -0.350 e. The number of hydrogen-bond donors (Lipinski definition) is 1. The Hall–Kier alpha value is -3.58. The lowest BCUT2D eigenvalue weighted by Gasteiger charge is -2.17. The van der Waals surface area contributed by atoms with E-state index in [1.54, 1.807) is 55.5 Å². The summed E-state index contributed by atoms with van der Waals surface area (Å²) in [6.45, 7) is 1.75. The average Bonchev–Trinajstić information content (AvgIpc) is 3.01. The number of hydrogen-bond acceptors (Lipinski definition) is 3. The van der Waals surface area contributed by atoms with Gasteiger partial charge < -0.3 is 5.32 Å². The Morgan fingerprint density at radius 3 is 2.25 bits per heavy atom. The first-order chi connectivity index (χ1) is 15.2. The molecule has 3 aromatic carbocycles. The number of halogens is 4. The molecule has 32 heavy (non-hydrogen) atoms. The molecule has 0 bridgehead atoms. The zero-order chi connectivity index (χ0) is 23.0. The number of alkyl halides is 3. The standard InChI is InChI=1S/C24H16ClF3N2O2/c1-14-18(25)11-6-12-19(14)29-21-20(15-7-3-2-4-8-15)22(31)30(23(21)32)17-10-5-9-16(13-17)24(26,27)28/h2-13,29H,1H3. The SMILES string of the molecule is Cc1c(Cl)cccc1NC1=C(c2ccccc2)C(=O)N(c2cccc(C(F)(F)F)c2)C1=O. The van der Waals surface area contributed by atoms with Crippen LogP contribution in [0.25, 0.3) is 5.57 Å². The first-order valence-electron chi connectivity index (χ1n) is 9.56. The molecule has 1 heterocycles. The average molecular weight is 457 g/mol. The Morgan fingerprint density at radius 2 is 1.56 bits per heavy atom. The highest BCUT2D eigenvalue weighted by molar-refractivity contribution is 6.46. The van der Waals surface area contributed by atoms with Gasteiger partial charge in [0.2, 0.25) is 0 Å². The third-order valence-electron chi connectivity index (χ3n) is 5.11. The smallest absolute Gasteiger partial charge is 0.350 e. The van der Waals surface area contributed by atoms with Gasteiger partial charge in [-0.3, -0.25) is 9.59 Å². The maximum Gasteiger partial charge on any atom is 0.416 e. The Balaban J connectivity index is 1.83. The van der Waals surface area contributed by atoms with Crippen molar-refractivity contribution < 1.29 is 22.8 Å². The third-order valence-corrected chi connectivity index (χ3v) is 5.51. The number of nitrogens with one attached hydrogen (secondary N) is 1. The second-order valence-electron chi connectivity index (χ2n) is 7.15. The van der Waals surface area contributed by atoms with Crippen molar-refractivity contribution in [1.82, 2.24) is 0 Å². The van der Waals surface area contributed by atoms with Crippen LogP contribution in [0.1, 0.15) is 16.7 Å². The van der Waals surface area contributed by atoms with Crippen LogP contribution in [0.5, 0.6) is 0 Å². The number of rotatable bonds is 4. The van der Waals surface area contributed by atoms with E-state index in [1.807, 2.05) is 0 Å². The van der Waals surface area contributed by atoms with Gasteiger partial charge in [0.25, 0.3) is 11.8 Å². The fourth-order valence-corrected chi connectivity index (χ4v) is 3.63. The van der Waals surface area contributed by atoms with Gasteiger partial charge in [-0.25, -0.2) is 4.90 Å². The number of imide groups is 1. The molecular formula is C24H16ClF3N2O2. The number of carbonyl (C=O) groups is 2. The van der Waals surface area contributed by atoms with Gasteiger partial charge in [-0.05, 0) is 48.4 Å². The molecule has 162 valence electrons. The molecule has 1 aliphatic rings. The fourth-order valence-electron chi connectivity index (χ4n) is 3.45. The largest absolute Gasteiger partial charge is 0.416 e. The predicted octanol–water partition coefficient (Wildman–Crippen LogP) is 6.06. The Bertz CT molecular complexity index is 1250. The molecule has 0 atom stereocenters. The highest BCUT2D eigenvalue weighted by atomic mass is 35.5. The second kappa shape index (κ2) is 8.16. The molecule has 1 N–H and O–H groups in total. The van der Waals surface area contributed by atoms with Crippen LogP contribution in [0, 0.1) is 6.92 Å². The molecule has 8 heteroatoms. The number of nitrogens with zero attached hydrogens (tertiary/aromatic N) is 1. The van der Waals surface area contributed by atoms with E-state index < -0.39 is 23.6 Å². The minimum absolute atomic E-state index is 0.0380. The summed E-state index contributed by atoms with van der Waals surface area (Å²) in [5.41, 5.74) is 0.533. The molecule has 3 aromatic rings.